The summed E-state index contributed by atoms with van der Waals surface area (Å²) in [4.78, 5) is 40.0. The number of hydrogen-bond donors (Lipinski definition) is 2. The Bertz CT molecular complexity index is 368. The Labute approximate surface area is 111 Å². The van der Waals surface area contributed by atoms with Crippen molar-refractivity contribution in [3.05, 3.63) is 0 Å². The fourth-order valence-corrected chi connectivity index (χ4v) is 1.67. The van der Waals surface area contributed by atoms with Crippen molar-refractivity contribution in [3.8, 4) is 0 Å². The molecule has 0 spiro atoms. The van der Waals surface area contributed by atoms with Crippen LogP contribution in [0.25, 0.3) is 0 Å². The van der Waals surface area contributed by atoms with Crippen LogP contribution in [0.1, 0.15) is 19.3 Å². The van der Waals surface area contributed by atoms with Crippen LogP contribution >= 0.6 is 14.7 Å². The first-order chi connectivity index (χ1) is 8.49. The molecule has 0 aliphatic rings. The molecule has 0 rings (SSSR count). The molecule has 2 atom stereocenters. The second kappa shape index (κ2) is 7.80. The molecule has 0 bridgehead atoms. The molecule has 0 aliphatic heterocycles. The number of hydrogen-bond acceptors (Lipinski definition) is 6. The van der Waals surface area contributed by atoms with Gasteiger partial charge in [-0.2, -0.15) is 0 Å². The highest BCUT2D eigenvalue weighted by molar-refractivity contribution is 7.57. The molecule has 0 amide bonds. The lowest BCUT2D eigenvalue weighted by Gasteiger charge is -2.08. The molecule has 8 nitrogen and oxygen atoms in total. The van der Waals surface area contributed by atoms with E-state index in [1.165, 1.54) is 0 Å². The van der Waals surface area contributed by atoms with Gasteiger partial charge in [-0.3, -0.25) is 18.7 Å². The van der Waals surface area contributed by atoms with E-state index < -0.39 is 39.4 Å². The normalized spacial score (nSPS) is 17.1. The SMILES string of the molecule is CP(=O)(O)COC(=O)CCCC(=O)OCP(C)(=O)O. The van der Waals surface area contributed by atoms with Crippen molar-refractivity contribution in [3.63, 3.8) is 0 Å². The van der Waals surface area contributed by atoms with E-state index in [-0.39, 0.29) is 19.3 Å². The highest BCUT2D eigenvalue weighted by atomic mass is 31.2. The third-order valence-electron chi connectivity index (χ3n) is 1.69. The van der Waals surface area contributed by atoms with Gasteiger partial charge in [0, 0.05) is 26.2 Å². The summed E-state index contributed by atoms with van der Waals surface area (Å²) in [5, 5.41) is 0. The van der Waals surface area contributed by atoms with Crippen molar-refractivity contribution in [1.82, 2.24) is 0 Å². The zero-order valence-corrected chi connectivity index (χ0v) is 12.6. The Hall–Kier alpha value is -0.680. The minimum Gasteiger partial charge on any atom is -0.455 e. The molecule has 0 fully saturated rings. The molecule has 2 N–H and O–H groups in total. The van der Waals surface area contributed by atoms with Crippen LogP contribution in [-0.2, 0) is 28.2 Å². The van der Waals surface area contributed by atoms with E-state index in [0.29, 0.717) is 0 Å². The first kappa shape index (κ1) is 18.3. The quantitative estimate of drug-likeness (QED) is 0.500. The Balaban J connectivity index is 3.73. The maximum atomic E-state index is 11.1. The minimum atomic E-state index is -3.39. The maximum absolute atomic E-state index is 11.1. The molecule has 19 heavy (non-hydrogen) atoms. The molecule has 0 saturated heterocycles. The zero-order valence-electron chi connectivity index (χ0n) is 10.8. The minimum absolute atomic E-state index is 0.0992. The molecule has 0 radical (unpaired) electrons. The summed E-state index contributed by atoms with van der Waals surface area (Å²) >= 11 is 0. The molecule has 112 valence electrons. The Kier molecular flexibility index (Phi) is 7.52. The van der Waals surface area contributed by atoms with Crippen LogP contribution < -0.4 is 0 Å². The summed E-state index contributed by atoms with van der Waals surface area (Å²) in [7, 11) is -6.79. The fourth-order valence-electron chi connectivity index (χ4n) is 0.905. The van der Waals surface area contributed by atoms with Gasteiger partial charge in [0.1, 0.15) is 0 Å². The van der Waals surface area contributed by atoms with Gasteiger partial charge in [-0.05, 0) is 6.42 Å². The summed E-state index contributed by atoms with van der Waals surface area (Å²) in [6.45, 7) is 2.13. The van der Waals surface area contributed by atoms with Gasteiger partial charge in [0.05, 0.1) is 0 Å². The summed E-state index contributed by atoms with van der Waals surface area (Å²) < 4.78 is 30.7. The van der Waals surface area contributed by atoms with Crippen LogP contribution in [0.15, 0.2) is 0 Å². The van der Waals surface area contributed by atoms with Crippen LogP contribution in [0.2, 0.25) is 0 Å². The van der Waals surface area contributed by atoms with E-state index >= 15 is 0 Å². The van der Waals surface area contributed by atoms with Gasteiger partial charge in [0.25, 0.3) is 0 Å². The van der Waals surface area contributed by atoms with E-state index in [9.17, 15) is 18.7 Å². The van der Waals surface area contributed by atoms with E-state index in [2.05, 4.69) is 9.47 Å². The predicted molar refractivity (Wildman–Crippen MR) is 67.3 cm³/mol. The second-order valence-corrected chi connectivity index (χ2v) is 8.97. The Morgan fingerprint density at radius 3 is 1.47 bits per heavy atom. The molecule has 10 heteroatoms. The number of ether oxygens (including phenoxy) is 2. The van der Waals surface area contributed by atoms with Crippen LogP contribution in [0.3, 0.4) is 0 Å². The van der Waals surface area contributed by atoms with Gasteiger partial charge in [0.2, 0.25) is 14.7 Å². The summed E-state index contributed by atoms with van der Waals surface area (Å²) in [6, 6.07) is 0. The zero-order chi connectivity index (χ0) is 15.1. The third-order valence-corrected chi connectivity index (χ3v) is 2.91. The molecule has 0 aromatic heterocycles. The molecule has 0 aromatic carbocycles. The van der Waals surface area contributed by atoms with Gasteiger partial charge in [-0.15, -0.1) is 0 Å². The highest BCUT2D eigenvalue weighted by Crippen LogP contribution is 2.35. The molecular formula is C9H18O8P2. The summed E-state index contributed by atoms with van der Waals surface area (Å²) in [6.07, 6.45) is -1.17. The molecule has 0 aliphatic carbocycles. The van der Waals surface area contributed by atoms with Gasteiger partial charge in [-0.1, -0.05) is 0 Å². The van der Waals surface area contributed by atoms with Gasteiger partial charge in [0.15, 0.2) is 12.7 Å². The summed E-state index contributed by atoms with van der Waals surface area (Å²) in [5.74, 6) is -1.38. The average Bonchev–Trinajstić information content (AvgIpc) is 2.22. The third kappa shape index (κ3) is 13.6. The van der Waals surface area contributed by atoms with Gasteiger partial charge >= 0.3 is 11.9 Å². The van der Waals surface area contributed by atoms with Gasteiger partial charge in [-0.25, -0.2) is 0 Å². The lowest BCUT2D eigenvalue weighted by molar-refractivity contribution is -0.143. The predicted octanol–water partition coefficient (Wildman–Crippen LogP) is 0.958. The molecule has 0 aromatic rings. The fraction of sp³-hybridized carbons (Fsp3) is 0.778. The monoisotopic (exact) mass is 316 g/mol. The van der Waals surface area contributed by atoms with Crippen LogP contribution in [0, 0.1) is 0 Å². The lowest BCUT2D eigenvalue weighted by atomic mass is 10.2. The molecule has 0 heterocycles. The van der Waals surface area contributed by atoms with Gasteiger partial charge < -0.3 is 19.3 Å². The maximum Gasteiger partial charge on any atom is 0.306 e. The smallest absolute Gasteiger partial charge is 0.306 e. The van der Waals surface area contributed by atoms with Crippen LogP contribution in [-0.4, -0.2) is 47.8 Å². The largest absolute Gasteiger partial charge is 0.455 e. The van der Waals surface area contributed by atoms with Crippen molar-refractivity contribution in [2.45, 2.75) is 19.3 Å². The first-order valence-electron chi connectivity index (χ1n) is 5.39. The average molecular weight is 316 g/mol. The Morgan fingerprint density at radius 2 is 1.21 bits per heavy atom. The van der Waals surface area contributed by atoms with Crippen molar-refractivity contribution in [2.75, 3.05) is 26.0 Å². The number of carbonyl (C=O) groups excluding carboxylic acids is 2. The van der Waals surface area contributed by atoms with E-state index in [1.54, 1.807) is 0 Å². The second-order valence-electron chi connectivity index (χ2n) is 4.25. The van der Waals surface area contributed by atoms with Crippen molar-refractivity contribution < 1.29 is 38.0 Å². The van der Waals surface area contributed by atoms with Crippen molar-refractivity contribution in [2.24, 2.45) is 0 Å². The highest BCUT2D eigenvalue weighted by Gasteiger charge is 2.15. The molecular weight excluding hydrogens is 298 g/mol. The summed E-state index contributed by atoms with van der Waals surface area (Å²) in [5.41, 5.74) is 0. The van der Waals surface area contributed by atoms with Crippen molar-refractivity contribution in [1.29, 1.82) is 0 Å². The van der Waals surface area contributed by atoms with Crippen LogP contribution in [0.4, 0.5) is 0 Å². The van der Waals surface area contributed by atoms with Crippen LogP contribution in [0.5, 0.6) is 0 Å². The topological polar surface area (TPSA) is 127 Å². The molecule has 2 unspecified atom stereocenters. The van der Waals surface area contributed by atoms with E-state index in [0.717, 1.165) is 13.3 Å². The van der Waals surface area contributed by atoms with Crippen molar-refractivity contribution >= 4 is 26.7 Å². The van der Waals surface area contributed by atoms with E-state index in [1.807, 2.05) is 0 Å². The lowest BCUT2D eigenvalue weighted by Crippen LogP contribution is -2.09. The molecule has 0 saturated carbocycles. The standard InChI is InChI=1S/C9H18O8P2/c1-18(12,13)6-16-8(10)4-3-5-9(11)17-7-19(2,14)15/h3-7H2,1-2H3,(H,12,13)(H,14,15). The van der Waals surface area contributed by atoms with E-state index in [4.69, 9.17) is 9.79 Å². The first-order valence-corrected chi connectivity index (χ1v) is 9.98. The number of esters is 2. The Morgan fingerprint density at radius 1 is 0.895 bits per heavy atom. The number of carbonyl (C=O) groups is 2. The number of rotatable bonds is 8.